The van der Waals surface area contributed by atoms with Gasteiger partial charge in [0.1, 0.15) is 5.75 Å². The molecule has 0 bridgehead atoms. The van der Waals surface area contributed by atoms with E-state index in [1.807, 2.05) is 42.5 Å². The Bertz CT molecular complexity index is 728. The number of nitrogens with zero attached hydrogens (tertiary/aromatic N) is 1. The predicted molar refractivity (Wildman–Crippen MR) is 108 cm³/mol. The fraction of sp³-hybridized carbons (Fsp3) is 0.350. The van der Waals surface area contributed by atoms with Crippen molar-refractivity contribution < 1.29 is 14.4 Å². The number of quaternary nitrogens is 1. The highest BCUT2D eigenvalue weighted by Crippen LogP contribution is 2.25. The number of nitrogens with one attached hydrogen (secondary N) is 2. The van der Waals surface area contributed by atoms with E-state index in [1.54, 1.807) is 4.90 Å². The number of likely N-dealkylation sites (N-methyl/N-ethyl adjacent to an activating group) is 1. The minimum absolute atomic E-state index is 0.0102. The molecule has 0 spiro atoms. The van der Waals surface area contributed by atoms with Gasteiger partial charge < -0.3 is 19.9 Å². The normalized spacial score (nSPS) is 14.9. The van der Waals surface area contributed by atoms with Gasteiger partial charge in [0.05, 0.1) is 44.1 Å². The summed E-state index contributed by atoms with van der Waals surface area (Å²) in [7, 11) is 0. The molecule has 1 amide bonds. The summed E-state index contributed by atoms with van der Waals surface area (Å²) in [4.78, 5) is 16.3. The molecule has 2 aromatic carbocycles. The molecule has 26 heavy (non-hydrogen) atoms. The SMILES string of the molecule is CC[NH+]1CCN(c2ccccc2NC(=O)COc2ccc(Br)cc2)CC1. The number of anilines is 2. The van der Waals surface area contributed by atoms with E-state index in [4.69, 9.17) is 4.74 Å². The minimum atomic E-state index is -0.154. The van der Waals surface area contributed by atoms with E-state index in [1.165, 1.54) is 6.54 Å². The maximum atomic E-state index is 12.3. The molecule has 0 atom stereocenters. The van der Waals surface area contributed by atoms with E-state index in [9.17, 15) is 4.79 Å². The molecule has 5 nitrogen and oxygen atoms in total. The van der Waals surface area contributed by atoms with Crippen molar-refractivity contribution in [2.45, 2.75) is 6.92 Å². The summed E-state index contributed by atoms with van der Waals surface area (Å²) < 4.78 is 6.54. The van der Waals surface area contributed by atoms with Crippen LogP contribution in [0.15, 0.2) is 53.0 Å². The lowest BCUT2D eigenvalue weighted by atomic mass is 10.2. The number of benzene rings is 2. The van der Waals surface area contributed by atoms with Crippen LogP contribution >= 0.6 is 15.9 Å². The smallest absolute Gasteiger partial charge is 0.262 e. The Kier molecular flexibility index (Phi) is 6.52. The maximum Gasteiger partial charge on any atom is 0.262 e. The summed E-state index contributed by atoms with van der Waals surface area (Å²) in [6, 6.07) is 15.4. The van der Waals surface area contributed by atoms with Gasteiger partial charge in [-0.25, -0.2) is 0 Å². The van der Waals surface area contributed by atoms with Crippen LogP contribution in [0.3, 0.4) is 0 Å². The average molecular weight is 419 g/mol. The Hall–Kier alpha value is -2.05. The molecule has 0 radical (unpaired) electrons. The zero-order chi connectivity index (χ0) is 18.4. The highest BCUT2D eigenvalue weighted by molar-refractivity contribution is 9.10. The van der Waals surface area contributed by atoms with Crippen molar-refractivity contribution in [2.75, 3.05) is 49.5 Å². The summed E-state index contributed by atoms with van der Waals surface area (Å²) in [6.07, 6.45) is 0. The summed E-state index contributed by atoms with van der Waals surface area (Å²) in [5.41, 5.74) is 1.93. The number of piperazine rings is 1. The highest BCUT2D eigenvalue weighted by atomic mass is 79.9. The first-order valence-electron chi connectivity index (χ1n) is 9.01. The first kappa shape index (κ1) is 18.7. The van der Waals surface area contributed by atoms with Crippen LogP contribution in [0.25, 0.3) is 0 Å². The second-order valence-electron chi connectivity index (χ2n) is 6.40. The van der Waals surface area contributed by atoms with Gasteiger partial charge in [0.15, 0.2) is 6.61 Å². The molecule has 1 aliphatic rings. The van der Waals surface area contributed by atoms with E-state index in [0.29, 0.717) is 5.75 Å². The Morgan fingerprint density at radius 1 is 1.15 bits per heavy atom. The number of halogens is 1. The third kappa shape index (κ3) is 4.99. The summed E-state index contributed by atoms with van der Waals surface area (Å²) in [6.45, 7) is 7.65. The average Bonchev–Trinajstić information content (AvgIpc) is 2.68. The van der Waals surface area contributed by atoms with Gasteiger partial charge in [-0.1, -0.05) is 28.1 Å². The Morgan fingerprint density at radius 3 is 2.54 bits per heavy atom. The topological polar surface area (TPSA) is 46.0 Å². The molecule has 1 aliphatic heterocycles. The first-order valence-corrected chi connectivity index (χ1v) is 9.81. The second kappa shape index (κ2) is 9.05. The van der Waals surface area contributed by atoms with Crippen LogP contribution in [0, 0.1) is 0 Å². The van der Waals surface area contributed by atoms with Gasteiger partial charge in [0, 0.05) is 4.47 Å². The third-order valence-electron chi connectivity index (χ3n) is 4.67. The monoisotopic (exact) mass is 418 g/mol. The van der Waals surface area contributed by atoms with Crippen molar-refractivity contribution in [1.29, 1.82) is 0 Å². The number of carbonyl (C=O) groups excluding carboxylic acids is 1. The van der Waals surface area contributed by atoms with Crippen LogP contribution in [-0.2, 0) is 4.79 Å². The van der Waals surface area contributed by atoms with Gasteiger partial charge in [-0.05, 0) is 43.3 Å². The van der Waals surface area contributed by atoms with Crippen molar-refractivity contribution >= 4 is 33.2 Å². The molecule has 1 heterocycles. The molecule has 2 aromatic rings. The summed E-state index contributed by atoms with van der Waals surface area (Å²) in [5.74, 6) is 0.522. The second-order valence-corrected chi connectivity index (χ2v) is 7.31. The fourth-order valence-electron chi connectivity index (χ4n) is 3.14. The Labute approximate surface area is 163 Å². The predicted octanol–water partition coefficient (Wildman–Crippen LogP) is 2.19. The molecule has 1 saturated heterocycles. The number of para-hydroxylation sites is 2. The molecule has 1 fully saturated rings. The van der Waals surface area contributed by atoms with E-state index < -0.39 is 0 Å². The van der Waals surface area contributed by atoms with Crippen molar-refractivity contribution in [1.82, 2.24) is 0 Å². The molecule has 0 unspecified atom stereocenters. The summed E-state index contributed by atoms with van der Waals surface area (Å²) >= 11 is 3.38. The van der Waals surface area contributed by atoms with Gasteiger partial charge in [0.2, 0.25) is 0 Å². The van der Waals surface area contributed by atoms with Gasteiger partial charge >= 0.3 is 0 Å². The third-order valence-corrected chi connectivity index (χ3v) is 5.20. The quantitative estimate of drug-likeness (QED) is 0.755. The number of rotatable bonds is 6. The molecule has 2 N–H and O–H groups in total. The van der Waals surface area contributed by atoms with Crippen molar-refractivity contribution in [3.05, 3.63) is 53.0 Å². The molecule has 138 valence electrons. The molecular formula is C20H25BrN3O2+. The lowest BCUT2D eigenvalue weighted by Gasteiger charge is -2.34. The number of amides is 1. The van der Waals surface area contributed by atoms with E-state index in [-0.39, 0.29) is 12.5 Å². The van der Waals surface area contributed by atoms with E-state index in [2.05, 4.69) is 39.1 Å². The lowest BCUT2D eigenvalue weighted by molar-refractivity contribution is -0.898. The number of hydrogen-bond donors (Lipinski definition) is 2. The van der Waals surface area contributed by atoms with Crippen LogP contribution in [0.2, 0.25) is 0 Å². The zero-order valence-electron chi connectivity index (χ0n) is 15.0. The number of carbonyl (C=O) groups is 1. The number of hydrogen-bond acceptors (Lipinski definition) is 3. The van der Waals surface area contributed by atoms with Crippen LogP contribution in [0.1, 0.15) is 6.92 Å². The maximum absolute atomic E-state index is 12.3. The summed E-state index contributed by atoms with van der Waals surface area (Å²) in [5, 5.41) is 2.99. The minimum Gasteiger partial charge on any atom is -0.484 e. The molecular weight excluding hydrogens is 394 g/mol. The Balaban J connectivity index is 1.59. The van der Waals surface area contributed by atoms with Gasteiger partial charge in [0.25, 0.3) is 5.91 Å². The van der Waals surface area contributed by atoms with Crippen molar-refractivity contribution in [3.8, 4) is 5.75 Å². The van der Waals surface area contributed by atoms with Crippen molar-refractivity contribution in [3.63, 3.8) is 0 Å². The molecule has 0 aliphatic carbocycles. The van der Waals surface area contributed by atoms with Crippen LogP contribution < -0.4 is 19.9 Å². The lowest BCUT2D eigenvalue weighted by Crippen LogP contribution is -3.14. The van der Waals surface area contributed by atoms with E-state index in [0.717, 1.165) is 42.0 Å². The largest absolute Gasteiger partial charge is 0.484 e. The van der Waals surface area contributed by atoms with Crippen LogP contribution in [0.4, 0.5) is 11.4 Å². The molecule has 3 rings (SSSR count). The van der Waals surface area contributed by atoms with Crippen LogP contribution in [0.5, 0.6) is 5.75 Å². The first-order chi connectivity index (χ1) is 12.7. The standard InChI is InChI=1S/C20H24BrN3O2/c1-2-23-11-13-24(14-12-23)19-6-4-3-5-18(19)22-20(25)15-26-17-9-7-16(21)8-10-17/h3-10H,2,11-15H2,1H3,(H,22,25)/p+1. The fourth-order valence-corrected chi connectivity index (χ4v) is 3.40. The highest BCUT2D eigenvalue weighted by Gasteiger charge is 2.21. The van der Waals surface area contributed by atoms with Gasteiger partial charge in [-0.15, -0.1) is 0 Å². The van der Waals surface area contributed by atoms with Gasteiger partial charge in [-0.2, -0.15) is 0 Å². The molecule has 0 aromatic heterocycles. The molecule has 0 saturated carbocycles. The van der Waals surface area contributed by atoms with Gasteiger partial charge in [-0.3, -0.25) is 4.79 Å². The number of ether oxygens (including phenoxy) is 1. The van der Waals surface area contributed by atoms with Crippen LogP contribution in [-0.4, -0.2) is 45.2 Å². The van der Waals surface area contributed by atoms with Crippen molar-refractivity contribution in [2.24, 2.45) is 0 Å². The van der Waals surface area contributed by atoms with E-state index >= 15 is 0 Å². The zero-order valence-corrected chi connectivity index (χ0v) is 16.6. The molecule has 6 heteroatoms. The Morgan fingerprint density at radius 2 is 1.85 bits per heavy atom.